The second-order valence-electron chi connectivity index (χ2n) is 5.01. The number of carboxylic acids is 1. The van der Waals surface area contributed by atoms with Crippen molar-refractivity contribution in [3.63, 3.8) is 0 Å². The van der Waals surface area contributed by atoms with Crippen LogP contribution in [0.15, 0.2) is 24.3 Å². The Kier molecular flexibility index (Phi) is 6.72. The summed E-state index contributed by atoms with van der Waals surface area (Å²) in [6.07, 6.45) is 2.12. The molecule has 5 nitrogen and oxygen atoms in total. The predicted molar refractivity (Wildman–Crippen MR) is 83.7 cm³/mol. The van der Waals surface area contributed by atoms with Gasteiger partial charge in [-0.3, -0.25) is 4.90 Å². The summed E-state index contributed by atoms with van der Waals surface area (Å²) in [5.41, 5.74) is 1.78. The van der Waals surface area contributed by atoms with Crippen molar-refractivity contribution in [2.75, 3.05) is 11.4 Å². The monoisotopic (exact) mass is 292 g/mol. The van der Waals surface area contributed by atoms with Crippen LogP contribution in [0.2, 0.25) is 0 Å². The Bertz CT molecular complexity index is 488. The van der Waals surface area contributed by atoms with Gasteiger partial charge in [-0.25, -0.2) is 9.59 Å². The third kappa shape index (κ3) is 4.77. The third-order valence-corrected chi connectivity index (χ3v) is 3.41. The fourth-order valence-corrected chi connectivity index (χ4v) is 2.18. The molecule has 0 aliphatic carbocycles. The largest absolute Gasteiger partial charge is 0.480 e. The summed E-state index contributed by atoms with van der Waals surface area (Å²) < 4.78 is 0. The quantitative estimate of drug-likeness (QED) is 0.811. The molecule has 116 valence electrons. The van der Waals surface area contributed by atoms with Gasteiger partial charge in [-0.2, -0.15) is 0 Å². The number of carboxylic acid groups (broad SMARTS) is 1. The van der Waals surface area contributed by atoms with Crippen molar-refractivity contribution < 1.29 is 14.7 Å². The summed E-state index contributed by atoms with van der Waals surface area (Å²) in [6, 6.07) is 6.36. The van der Waals surface area contributed by atoms with Gasteiger partial charge in [0.2, 0.25) is 0 Å². The van der Waals surface area contributed by atoms with Crippen molar-refractivity contribution in [2.45, 2.75) is 46.1 Å². The topological polar surface area (TPSA) is 69.6 Å². The van der Waals surface area contributed by atoms with Crippen LogP contribution < -0.4 is 10.2 Å². The highest BCUT2D eigenvalue weighted by molar-refractivity contribution is 5.95. The first-order valence-electron chi connectivity index (χ1n) is 7.37. The van der Waals surface area contributed by atoms with E-state index in [1.807, 2.05) is 45.0 Å². The fourth-order valence-electron chi connectivity index (χ4n) is 2.18. The molecule has 0 saturated carbocycles. The van der Waals surface area contributed by atoms with Gasteiger partial charge in [0.25, 0.3) is 0 Å². The van der Waals surface area contributed by atoms with Gasteiger partial charge in [-0.15, -0.1) is 0 Å². The number of nitrogens with one attached hydrogen (secondary N) is 1. The van der Waals surface area contributed by atoms with Crippen molar-refractivity contribution in [3.05, 3.63) is 29.8 Å². The van der Waals surface area contributed by atoms with Gasteiger partial charge >= 0.3 is 12.0 Å². The summed E-state index contributed by atoms with van der Waals surface area (Å²) in [6.45, 7) is 6.27. The number of urea groups is 1. The first-order chi connectivity index (χ1) is 10.0. The van der Waals surface area contributed by atoms with E-state index in [2.05, 4.69) is 5.32 Å². The van der Waals surface area contributed by atoms with Crippen LogP contribution in [0.3, 0.4) is 0 Å². The minimum Gasteiger partial charge on any atom is -0.480 e. The number of hydrogen-bond donors (Lipinski definition) is 2. The SMILES string of the molecule is CCCC[C@H](NC(=O)N(CC)c1ccccc1C)C(=O)O. The zero-order valence-electron chi connectivity index (χ0n) is 12.9. The van der Waals surface area contributed by atoms with E-state index in [9.17, 15) is 14.7 Å². The van der Waals surface area contributed by atoms with E-state index < -0.39 is 12.0 Å². The van der Waals surface area contributed by atoms with Gasteiger partial charge < -0.3 is 10.4 Å². The van der Waals surface area contributed by atoms with Gasteiger partial charge in [-0.1, -0.05) is 38.0 Å². The zero-order chi connectivity index (χ0) is 15.8. The van der Waals surface area contributed by atoms with Gasteiger partial charge in [0.1, 0.15) is 6.04 Å². The molecule has 0 fully saturated rings. The molecule has 21 heavy (non-hydrogen) atoms. The highest BCUT2D eigenvalue weighted by atomic mass is 16.4. The molecule has 2 amide bonds. The number of benzene rings is 1. The smallest absolute Gasteiger partial charge is 0.326 e. The van der Waals surface area contributed by atoms with Crippen LogP contribution in [0, 0.1) is 6.92 Å². The number of para-hydroxylation sites is 1. The molecule has 0 radical (unpaired) electrons. The van der Waals surface area contributed by atoms with E-state index in [1.54, 1.807) is 4.90 Å². The zero-order valence-corrected chi connectivity index (χ0v) is 12.9. The van der Waals surface area contributed by atoms with Gasteiger partial charge in [0, 0.05) is 12.2 Å². The van der Waals surface area contributed by atoms with E-state index in [0.717, 1.165) is 24.1 Å². The number of nitrogens with zero attached hydrogens (tertiary/aromatic N) is 1. The Hall–Kier alpha value is -2.04. The Morgan fingerprint density at radius 3 is 2.48 bits per heavy atom. The van der Waals surface area contributed by atoms with Crippen molar-refractivity contribution in [3.8, 4) is 0 Å². The number of carbonyl (C=O) groups excluding carboxylic acids is 1. The molecule has 2 N–H and O–H groups in total. The predicted octanol–water partition coefficient (Wildman–Crippen LogP) is 3.17. The van der Waals surface area contributed by atoms with Gasteiger partial charge in [0.05, 0.1) is 0 Å². The van der Waals surface area contributed by atoms with E-state index in [4.69, 9.17) is 0 Å². The van der Waals surface area contributed by atoms with Crippen molar-refractivity contribution in [1.29, 1.82) is 0 Å². The van der Waals surface area contributed by atoms with E-state index >= 15 is 0 Å². The molecule has 5 heteroatoms. The lowest BCUT2D eigenvalue weighted by Gasteiger charge is -2.25. The summed E-state index contributed by atoms with van der Waals surface area (Å²) in [4.78, 5) is 25.1. The molecule has 0 unspecified atom stereocenters. The van der Waals surface area contributed by atoms with Crippen LogP contribution in [0.5, 0.6) is 0 Å². The average molecular weight is 292 g/mol. The third-order valence-electron chi connectivity index (χ3n) is 3.41. The first-order valence-corrected chi connectivity index (χ1v) is 7.37. The molecule has 1 aromatic carbocycles. The number of hydrogen-bond acceptors (Lipinski definition) is 2. The molecule has 0 aliphatic rings. The Morgan fingerprint density at radius 2 is 1.95 bits per heavy atom. The number of amides is 2. The lowest BCUT2D eigenvalue weighted by Crippen LogP contribution is -2.48. The highest BCUT2D eigenvalue weighted by Crippen LogP contribution is 2.19. The van der Waals surface area contributed by atoms with Crippen LogP contribution in [0.25, 0.3) is 0 Å². The van der Waals surface area contributed by atoms with E-state index in [0.29, 0.717) is 13.0 Å². The first kappa shape index (κ1) is 17.0. The van der Waals surface area contributed by atoms with Gasteiger partial charge in [0.15, 0.2) is 0 Å². The fraction of sp³-hybridized carbons (Fsp3) is 0.500. The Balaban J connectivity index is 2.83. The lowest BCUT2D eigenvalue weighted by molar-refractivity contribution is -0.139. The molecular formula is C16H24N2O3. The number of rotatable bonds is 7. The molecule has 0 heterocycles. The van der Waals surface area contributed by atoms with Crippen LogP contribution in [-0.4, -0.2) is 29.7 Å². The molecule has 1 aromatic rings. The molecule has 1 atom stereocenters. The molecule has 1 rings (SSSR count). The Labute approximate surface area is 126 Å². The van der Waals surface area contributed by atoms with Crippen LogP contribution >= 0.6 is 0 Å². The molecular weight excluding hydrogens is 268 g/mol. The summed E-state index contributed by atoms with van der Waals surface area (Å²) >= 11 is 0. The maximum Gasteiger partial charge on any atom is 0.326 e. The molecule has 0 aliphatic heterocycles. The second-order valence-corrected chi connectivity index (χ2v) is 5.01. The molecule has 0 saturated heterocycles. The molecule has 0 spiro atoms. The summed E-state index contributed by atoms with van der Waals surface area (Å²) in [5.74, 6) is -0.988. The second kappa shape index (κ2) is 8.29. The maximum atomic E-state index is 12.4. The van der Waals surface area contributed by atoms with Crippen LogP contribution in [0.4, 0.5) is 10.5 Å². The van der Waals surface area contributed by atoms with Crippen LogP contribution in [-0.2, 0) is 4.79 Å². The van der Waals surface area contributed by atoms with Crippen LogP contribution in [0.1, 0.15) is 38.7 Å². The van der Waals surface area contributed by atoms with E-state index in [-0.39, 0.29) is 6.03 Å². The normalized spacial score (nSPS) is 11.8. The summed E-state index contributed by atoms with van der Waals surface area (Å²) in [7, 11) is 0. The highest BCUT2D eigenvalue weighted by Gasteiger charge is 2.23. The number of carbonyl (C=O) groups is 2. The van der Waals surface area contributed by atoms with Crippen molar-refractivity contribution in [1.82, 2.24) is 5.32 Å². The van der Waals surface area contributed by atoms with E-state index in [1.165, 1.54) is 0 Å². The minimum absolute atomic E-state index is 0.365. The number of anilines is 1. The average Bonchev–Trinajstić information content (AvgIpc) is 2.45. The maximum absolute atomic E-state index is 12.4. The molecule has 0 aromatic heterocycles. The van der Waals surface area contributed by atoms with Crippen molar-refractivity contribution in [2.24, 2.45) is 0 Å². The van der Waals surface area contributed by atoms with Crippen molar-refractivity contribution >= 4 is 17.7 Å². The number of unbranched alkanes of at least 4 members (excludes halogenated alkanes) is 1. The Morgan fingerprint density at radius 1 is 1.29 bits per heavy atom. The standard InChI is InChI=1S/C16H24N2O3/c1-4-6-10-13(15(19)20)17-16(21)18(5-2)14-11-8-7-9-12(14)3/h7-9,11,13H,4-6,10H2,1-3H3,(H,17,21)(H,19,20)/t13-/m0/s1. The summed E-state index contributed by atoms with van der Waals surface area (Å²) in [5, 5.41) is 11.8. The molecule has 0 bridgehead atoms. The lowest BCUT2D eigenvalue weighted by atomic mass is 10.1. The minimum atomic E-state index is -0.988. The number of aliphatic carboxylic acids is 1. The number of aryl methyl sites for hydroxylation is 1. The van der Waals surface area contributed by atoms with Gasteiger partial charge in [-0.05, 0) is 31.9 Å².